The number of carbonyl (C=O) groups is 1. The van der Waals surface area contributed by atoms with Gasteiger partial charge in [-0.25, -0.2) is 0 Å². The molecule has 0 saturated carbocycles. The number of hydrogen-bond acceptors (Lipinski definition) is 3. The summed E-state index contributed by atoms with van der Waals surface area (Å²) in [7, 11) is 0. The largest absolute Gasteiger partial charge is 0.494 e. The Kier molecular flexibility index (Phi) is 4.40. The maximum Gasteiger partial charge on any atom is 0.255 e. The molecule has 0 fully saturated rings. The van der Waals surface area contributed by atoms with Crippen molar-refractivity contribution in [3.8, 4) is 5.75 Å². The van der Waals surface area contributed by atoms with Gasteiger partial charge in [0.1, 0.15) is 5.75 Å². The lowest BCUT2D eigenvalue weighted by Crippen LogP contribution is -2.23. The summed E-state index contributed by atoms with van der Waals surface area (Å²) in [4.78, 5) is 12.1. The van der Waals surface area contributed by atoms with Crippen molar-refractivity contribution in [1.29, 1.82) is 0 Å². The van der Waals surface area contributed by atoms with Gasteiger partial charge in [0.05, 0.1) is 17.9 Å². The first-order chi connectivity index (χ1) is 9.61. The van der Waals surface area contributed by atoms with Gasteiger partial charge in [0.2, 0.25) is 0 Å². The molecule has 5 heteroatoms. The zero-order valence-corrected chi connectivity index (χ0v) is 12.0. The highest BCUT2D eigenvalue weighted by atomic mass is 16.5. The summed E-state index contributed by atoms with van der Waals surface area (Å²) in [5.74, 6) is 0.700. The number of H-pyrrole nitrogens is 1. The number of aromatic nitrogens is 2. The SMILES string of the molecule is CCOc1cccc(CNC(=O)c2c(C)n[nH]c2C)c1. The average molecular weight is 273 g/mol. The number of nitrogens with one attached hydrogen (secondary N) is 2. The van der Waals surface area contributed by atoms with Gasteiger partial charge in [-0.1, -0.05) is 12.1 Å². The predicted molar refractivity (Wildman–Crippen MR) is 76.8 cm³/mol. The molecule has 2 rings (SSSR count). The van der Waals surface area contributed by atoms with E-state index in [2.05, 4.69) is 15.5 Å². The summed E-state index contributed by atoms with van der Waals surface area (Å²) in [5.41, 5.74) is 3.11. The molecule has 0 radical (unpaired) electrons. The molecular formula is C15H19N3O2. The van der Waals surface area contributed by atoms with Gasteiger partial charge < -0.3 is 10.1 Å². The van der Waals surface area contributed by atoms with Crippen LogP contribution in [0.5, 0.6) is 5.75 Å². The van der Waals surface area contributed by atoms with Gasteiger partial charge in [-0.2, -0.15) is 5.10 Å². The minimum absolute atomic E-state index is 0.115. The normalized spacial score (nSPS) is 10.3. The van der Waals surface area contributed by atoms with Crippen LogP contribution in [-0.4, -0.2) is 22.7 Å². The summed E-state index contributed by atoms with van der Waals surface area (Å²) < 4.78 is 5.44. The molecule has 0 saturated heterocycles. The molecule has 5 nitrogen and oxygen atoms in total. The zero-order valence-electron chi connectivity index (χ0n) is 12.0. The second kappa shape index (κ2) is 6.23. The van der Waals surface area contributed by atoms with Crippen molar-refractivity contribution in [3.05, 3.63) is 46.8 Å². The van der Waals surface area contributed by atoms with E-state index in [1.54, 1.807) is 0 Å². The van der Waals surface area contributed by atoms with Crippen molar-refractivity contribution in [2.24, 2.45) is 0 Å². The summed E-state index contributed by atoms with van der Waals surface area (Å²) >= 11 is 0. The minimum Gasteiger partial charge on any atom is -0.494 e. The van der Waals surface area contributed by atoms with Crippen molar-refractivity contribution in [3.63, 3.8) is 0 Å². The monoisotopic (exact) mass is 273 g/mol. The maximum absolute atomic E-state index is 12.1. The van der Waals surface area contributed by atoms with E-state index in [0.29, 0.717) is 24.4 Å². The standard InChI is InChI=1S/C15H19N3O2/c1-4-20-13-7-5-6-12(8-13)9-16-15(19)14-10(2)17-18-11(14)3/h5-8H,4,9H2,1-3H3,(H,16,19)(H,17,18). The van der Waals surface area contributed by atoms with E-state index in [0.717, 1.165) is 17.0 Å². The third kappa shape index (κ3) is 3.17. The van der Waals surface area contributed by atoms with E-state index in [4.69, 9.17) is 4.74 Å². The number of aryl methyl sites for hydroxylation is 2. The number of aromatic amines is 1. The van der Waals surface area contributed by atoms with Crippen molar-refractivity contribution < 1.29 is 9.53 Å². The molecule has 2 N–H and O–H groups in total. The Morgan fingerprint density at radius 3 is 2.85 bits per heavy atom. The van der Waals surface area contributed by atoms with E-state index in [1.807, 2.05) is 45.0 Å². The molecule has 0 aliphatic carbocycles. The molecule has 20 heavy (non-hydrogen) atoms. The van der Waals surface area contributed by atoms with Crippen molar-refractivity contribution in [2.75, 3.05) is 6.61 Å². The Morgan fingerprint density at radius 2 is 2.20 bits per heavy atom. The summed E-state index contributed by atoms with van der Waals surface area (Å²) in [6, 6.07) is 7.71. The molecule has 0 spiro atoms. The van der Waals surface area contributed by atoms with Crippen LogP contribution in [0.4, 0.5) is 0 Å². The summed E-state index contributed by atoms with van der Waals surface area (Å²) in [6.07, 6.45) is 0. The topological polar surface area (TPSA) is 67.0 Å². The minimum atomic E-state index is -0.115. The van der Waals surface area contributed by atoms with Gasteiger partial charge in [-0.05, 0) is 38.5 Å². The van der Waals surface area contributed by atoms with Gasteiger partial charge in [0.15, 0.2) is 0 Å². The molecule has 0 unspecified atom stereocenters. The molecule has 0 aliphatic heterocycles. The highest BCUT2D eigenvalue weighted by molar-refractivity contribution is 5.96. The fourth-order valence-corrected chi connectivity index (χ4v) is 2.07. The summed E-state index contributed by atoms with van der Waals surface area (Å²) in [6.45, 7) is 6.69. The number of nitrogens with zero attached hydrogens (tertiary/aromatic N) is 1. The Labute approximate surface area is 118 Å². The number of carbonyl (C=O) groups excluding carboxylic acids is 1. The Bertz CT molecular complexity index is 585. The van der Waals surface area contributed by atoms with Crippen LogP contribution in [0.15, 0.2) is 24.3 Å². The molecule has 1 aromatic carbocycles. The van der Waals surface area contributed by atoms with Crippen LogP contribution in [-0.2, 0) is 6.54 Å². The molecule has 0 atom stereocenters. The molecule has 1 amide bonds. The van der Waals surface area contributed by atoms with E-state index in [9.17, 15) is 4.79 Å². The second-order valence-electron chi connectivity index (χ2n) is 4.57. The lowest BCUT2D eigenvalue weighted by Gasteiger charge is -2.08. The third-order valence-corrected chi connectivity index (χ3v) is 3.02. The average Bonchev–Trinajstić information content (AvgIpc) is 2.76. The van der Waals surface area contributed by atoms with Crippen molar-refractivity contribution >= 4 is 5.91 Å². The van der Waals surface area contributed by atoms with E-state index >= 15 is 0 Å². The lowest BCUT2D eigenvalue weighted by atomic mass is 10.1. The molecule has 106 valence electrons. The van der Waals surface area contributed by atoms with Crippen molar-refractivity contribution in [2.45, 2.75) is 27.3 Å². The van der Waals surface area contributed by atoms with Crippen LogP contribution in [0.3, 0.4) is 0 Å². The third-order valence-electron chi connectivity index (χ3n) is 3.02. The van der Waals surface area contributed by atoms with Crippen molar-refractivity contribution in [1.82, 2.24) is 15.5 Å². The molecule has 1 aromatic heterocycles. The van der Waals surface area contributed by atoms with Crippen LogP contribution in [0, 0.1) is 13.8 Å². The summed E-state index contributed by atoms with van der Waals surface area (Å²) in [5, 5.41) is 9.73. The maximum atomic E-state index is 12.1. The molecule has 0 aliphatic rings. The van der Waals surface area contributed by atoms with E-state index in [-0.39, 0.29) is 5.91 Å². The van der Waals surface area contributed by atoms with Gasteiger partial charge in [-0.15, -0.1) is 0 Å². The first-order valence-electron chi connectivity index (χ1n) is 6.63. The van der Waals surface area contributed by atoms with Crippen LogP contribution < -0.4 is 10.1 Å². The van der Waals surface area contributed by atoms with Gasteiger partial charge >= 0.3 is 0 Å². The number of hydrogen-bond donors (Lipinski definition) is 2. The number of rotatable bonds is 5. The van der Waals surface area contributed by atoms with Crippen LogP contribution in [0.2, 0.25) is 0 Å². The smallest absolute Gasteiger partial charge is 0.255 e. The highest BCUT2D eigenvalue weighted by Gasteiger charge is 2.14. The lowest BCUT2D eigenvalue weighted by molar-refractivity contribution is 0.0949. The number of ether oxygens (including phenoxy) is 1. The van der Waals surface area contributed by atoms with E-state index in [1.165, 1.54) is 0 Å². The Balaban J connectivity index is 2.02. The molecule has 0 bridgehead atoms. The molecular weight excluding hydrogens is 254 g/mol. The molecule has 2 aromatic rings. The highest BCUT2D eigenvalue weighted by Crippen LogP contribution is 2.14. The van der Waals surface area contributed by atoms with Crippen LogP contribution in [0.1, 0.15) is 34.2 Å². The number of amides is 1. The zero-order chi connectivity index (χ0) is 14.5. The molecule has 1 heterocycles. The van der Waals surface area contributed by atoms with Gasteiger partial charge in [0, 0.05) is 12.2 Å². The van der Waals surface area contributed by atoms with Gasteiger partial charge in [0.25, 0.3) is 5.91 Å². The predicted octanol–water partition coefficient (Wildman–Crippen LogP) is 2.36. The van der Waals surface area contributed by atoms with Gasteiger partial charge in [-0.3, -0.25) is 9.89 Å². The van der Waals surface area contributed by atoms with Crippen LogP contribution >= 0.6 is 0 Å². The quantitative estimate of drug-likeness (QED) is 0.878. The fourth-order valence-electron chi connectivity index (χ4n) is 2.07. The number of benzene rings is 1. The van der Waals surface area contributed by atoms with Crippen LogP contribution in [0.25, 0.3) is 0 Å². The Hall–Kier alpha value is -2.30. The first-order valence-corrected chi connectivity index (χ1v) is 6.63. The Morgan fingerprint density at radius 1 is 1.40 bits per heavy atom. The first kappa shape index (κ1) is 14.1. The van der Waals surface area contributed by atoms with E-state index < -0.39 is 0 Å². The second-order valence-corrected chi connectivity index (χ2v) is 4.57. The fraction of sp³-hybridized carbons (Fsp3) is 0.333.